The molecule has 0 amide bonds. The molecule has 1 aromatic rings. The van der Waals surface area contributed by atoms with Crippen LogP contribution in [0.4, 0.5) is 5.69 Å². The molecule has 2 N–H and O–H groups in total. The Hall–Kier alpha value is -0.940. The monoisotopic (exact) mass is 258 g/mol. The Bertz CT molecular complexity index is 355. The first-order valence-electron chi connectivity index (χ1n) is 4.20. The van der Waals surface area contributed by atoms with Gasteiger partial charge in [0.2, 0.25) is 0 Å². The molecule has 14 heavy (non-hydrogen) atoms. The van der Waals surface area contributed by atoms with Gasteiger partial charge in [0.05, 0.1) is 9.40 Å². The summed E-state index contributed by atoms with van der Waals surface area (Å²) in [4.78, 5) is 10.2. The van der Waals surface area contributed by atoms with Crippen LogP contribution >= 0.6 is 15.9 Å². The van der Waals surface area contributed by atoms with Gasteiger partial charge < -0.3 is 5.73 Å². The number of benzene rings is 1. The molecule has 1 rings (SSSR count). The first-order chi connectivity index (χ1) is 6.57. The largest absolute Gasteiger partial charge is 0.330 e. The minimum absolute atomic E-state index is 0.0859. The van der Waals surface area contributed by atoms with Crippen LogP contribution in [0.1, 0.15) is 18.4 Å². The number of nitro groups is 1. The second kappa shape index (κ2) is 4.52. The Labute approximate surface area is 90.4 Å². The van der Waals surface area contributed by atoms with E-state index < -0.39 is 4.92 Å². The van der Waals surface area contributed by atoms with Crippen molar-refractivity contribution in [2.24, 2.45) is 5.73 Å². The molecular weight excluding hydrogens is 248 g/mol. The van der Waals surface area contributed by atoms with Gasteiger partial charge in [0, 0.05) is 6.07 Å². The van der Waals surface area contributed by atoms with Crippen molar-refractivity contribution in [2.45, 2.75) is 12.8 Å². The SMILES string of the molecule is CC(CN)c1cccc([N+](=O)[O-])c1Br. The van der Waals surface area contributed by atoms with Gasteiger partial charge in [-0.25, -0.2) is 0 Å². The van der Waals surface area contributed by atoms with Crippen LogP contribution in [0, 0.1) is 10.1 Å². The molecule has 0 aliphatic rings. The van der Waals surface area contributed by atoms with Crippen molar-refractivity contribution in [3.8, 4) is 0 Å². The van der Waals surface area contributed by atoms with Crippen LogP contribution in [0.3, 0.4) is 0 Å². The molecule has 0 spiro atoms. The normalized spacial score (nSPS) is 12.5. The van der Waals surface area contributed by atoms with Crippen molar-refractivity contribution < 1.29 is 4.92 Å². The lowest BCUT2D eigenvalue weighted by Gasteiger charge is -2.10. The summed E-state index contributed by atoms with van der Waals surface area (Å²) >= 11 is 3.23. The zero-order chi connectivity index (χ0) is 10.7. The summed E-state index contributed by atoms with van der Waals surface area (Å²) in [5.74, 6) is 0.115. The highest BCUT2D eigenvalue weighted by Crippen LogP contribution is 2.32. The van der Waals surface area contributed by atoms with E-state index in [-0.39, 0.29) is 11.6 Å². The smallest absolute Gasteiger partial charge is 0.283 e. The van der Waals surface area contributed by atoms with Gasteiger partial charge in [-0.1, -0.05) is 19.1 Å². The molecule has 0 fully saturated rings. The van der Waals surface area contributed by atoms with Gasteiger partial charge in [-0.2, -0.15) is 0 Å². The van der Waals surface area contributed by atoms with Gasteiger partial charge in [0.1, 0.15) is 0 Å². The van der Waals surface area contributed by atoms with Crippen molar-refractivity contribution in [1.82, 2.24) is 0 Å². The zero-order valence-electron chi connectivity index (χ0n) is 7.74. The molecule has 0 heterocycles. The van der Waals surface area contributed by atoms with Gasteiger partial charge in [-0.3, -0.25) is 10.1 Å². The van der Waals surface area contributed by atoms with E-state index in [1.54, 1.807) is 6.07 Å². The van der Waals surface area contributed by atoms with Gasteiger partial charge in [0.15, 0.2) is 0 Å². The third kappa shape index (κ3) is 2.10. The number of hydrogen-bond acceptors (Lipinski definition) is 3. The van der Waals surface area contributed by atoms with Crippen LogP contribution < -0.4 is 5.73 Å². The fraction of sp³-hybridized carbons (Fsp3) is 0.333. The summed E-state index contributed by atoms with van der Waals surface area (Å²) in [6.45, 7) is 2.41. The zero-order valence-corrected chi connectivity index (χ0v) is 9.32. The third-order valence-corrected chi connectivity index (χ3v) is 2.95. The number of hydrogen-bond donors (Lipinski definition) is 1. The first kappa shape index (κ1) is 11.1. The fourth-order valence-electron chi connectivity index (χ4n) is 1.19. The predicted molar refractivity (Wildman–Crippen MR) is 58.3 cm³/mol. The van der Waals surface area contributed by atoms with Crippen LogP contribution in [-0.4, -0.2) is 11.5 Å². The highest BCUT2D eigenvalue weighted by Gasteiger charge is 2.17. The molecule has 0 radical (unpaired) electrons. The lowest BCUT2D eigenvalue weighted by Crippen LogP contribution is -2.09. The minimum atomic E-state index is -0.406. The van der Waals surface area contributed by atoms with Crippen molar-refractivity contribution in [2.75, 3.05) is 6.54 Å². The van der Waals surface area contributed by atoms with Crippen LogP contribution in [0.5, 0.6) is 0 Å². The van der Waals surface area contributed by atoms with Gasteiger partial charge in [-0.05, 0) is 34.0 Å². The van der Waals surface area contributed by atoms with Crippen LogP contribution in [0.25, 0.3) is 0 Å². The van der Waals surface area contributed by atoms with Crippen molar-refractivity contribution >= 4 is 21.6 Å². The maximum Gasteiger partial charge on any atom is 0.283 e. The molecule has 0 aliphatic heterocycles. The van der Waals surface area contributed by atoms with Crippen molar-refractivity contribution in [3.63, 3.8) is 0 Å². The average Bonchev–Trinajstić information content (AvgIpc) is 2.16. The number of halogens is 1. The predicted octanol–water partition coefficient (Wildman–Crippen LogP) is 2.42. The Morgan fingerprint density at radius 2 is 2.29 bits per heavy atom. The molecule has 0 saturated heterocycles. The van der Waals surface area contributed by atoms with E-state index >= 15 is 0 Å². The minimum Gasteiger partial charge on any atom is -0.330 e. The molecule has 5 heteroatoms. The van der Waals surface area contributed by atoms with Crippen LogP contribution in [-0.2, 0) is 0 Å². The van der Waals surface area contributed by atoms with Crippen LogP contribution in [0.15, 0.2) is 22.7 Å². The van der Waals surface area contributed by atoms with E-state index in [9.17, 15) is 10.1 Å². The van der Waals surface area contributed by atoms with E-state index in [1.807, 2.05) is 13.0 Å². The molecule has 0 aromatic heterocycles. The maximum atomic E-state index is 10.6. The Morgan fingerprint density at radius 3 is 2.79 bits per heavy atom. The summed E-state index contributed by atoms with van der Waals surface area (Å²) in [5.41, 5.74) is 6.47. The van der Waals surface area contributed by atoms with Gasteiger partial charge in [0.25, 0.3) is 5.69 Å². The number of nitrogens with zero attached hydrogens (tertiary/aromatic N) is 1. The highest BCUT2D eigenvalue weighted by molar-refractivity contribution is 9.10. The maximum absolute atomic E-state index is 10.6. The molecule has 1 aromatic carbocycles. The van der Waals surface area contributed by atoms with Gasteiger partial charge >= 0.3 is 0 Å². The molecule has 1 atom stereocenters. The standard InChI is InChI=1S/C9H11BrN2O2/c1-6(5-11)7-3-2-4-8(9(7)10)12(13)14/h2-4,6H,5,11H2,1H3. The second-order valence-corrected chi connectivity index (χ2v) is 3.87. The summed E-state index contributed by atoms with van der Waals surface area (Å²) in [6.07, 6.45) is 0. The van der Waals surface area contributed by atoms with Gasteiger partial charge in [-0.15, -0.1) is 0 Å². The Kier molecular flexibility index (Phi) is 3.60. The van der Waals surface area contributed by atoms with E-state index in [0.29, 0.717) is 11.0 Å². The van der Waals surface area contributed by atoms with Crippen molar-refractivity contribution in [1.29, 1.82) is 0 Å². The lowest BCUT2D eigenvalue weighted by molar-refractivity contribution is -0.385. The number of rotatable bonds is 3. The Morgan fingerprint density at radius 1 is 1.64 bits per heavy atom. The number of nitrogens with two attached hydrogens (primary N) is 1. The first-order valence-corrected chi connectivity index (χ1v) is 5.00. The summed E-state index contributed by atoms with van der Waals surface area (Å²) in [6, 6.07) is 4.98. The molecule has 0 saturated carbocycles. The third-order valence-electron chi connectivity index (χ3n) is 2.09. The van der Waals surface area contributed by atoms with E-state index in [1.165, 1.54) is 6.07 Å². The van der Waals surface area contributed by atoms with Crippen LogP contribution in [0.2, 0.25) is 0 Å². The average molecular weight is 259 g/mol. The molecule has 0 aliphatic carbocycles. The molecule has 1 unspecified atom stereocenters. The van der Waals surface area contributed by atoms with Crippen molar-refractivity contribution in [3.05, 3.63) is 38.3 Å². The fourth-order valence-corrected chi connectivity index (χ4v) is 1.99. The molecule has 4 nitrogen and oxygen atoms in total. The second-order valence-electron chi connectivity index (χ2n) is 3.07. The summed E-state index contributed by atoms with van der Waals surface area (Å²) < 4.78 is 0.531. The van der Waals surface area contributed by atoms with E-state index in [0.717, 1.165) is 5.56 Å². The summed E-state index contributed by atoms with van der Waals surface area (Å²) in [7, 11) is 0. The molecule has 0 bridgehead atoms. The summed E-state index contributed by atoms with van der Waals surface area (Å²) in [5, 5.41) is 10.6. The quantitative estimate of drug-likeness (QED) is 0.669. The number of nitro benzene ring substituents is 1. The van der Waals surface area contributed by atoms with E-state index in [4.69, 9.17) is 5.73 Å². The molecule has 76 valence electrons. The molecular formula is C9H11BrN2O2. The Balaban J connectivity index is 3.20. The topological polar surface area (TPSA) is 69.2 Å². The lowest BCUT2D eigenvalue weighted by atomic mass is 10.0. The highest BCUT2D eigenvalue weighted by atomic mass is 79.9. The van der Waals surface area contributed by atoms with E-state index in [2.05, 4.69) is 15.9 Å².